The molecule has 0 saturated carbocycles. The SMILES string of the molecule is CC1(C)c2ccccc2-c2ccc(-c3cccc(-c4ccc(-c5c6ccccc6c(-c6ccccc6)c6ccccc56)c5ccccc45)c3)cc21.c1ccc(-c2cc(-c3ccccc3)c3ccccc3c2-c2c3ccccc3c(-c3ccccc3)c3ccccc23)cc1. The van der Waals surface area contributed by atoms with Crippen LogP contribution in [0.2, 0.25) is 0 Å². The van der Waals surface area contributed by atoms with Crippen molar-refractivity contribution in [2.24, 2.45) is 0 Å². The van der Waals surface area contributed by atoms with Crippen molar-refractivity contribution in [3.05, 3.63) is 363 Å². The Hall–Kier alpha value is -11.7. The molecule has 17 aromatic rings. The average Bonchev–Trinajstić information content (AvgIpc) is 1.39. The lowest BCUT2D eigenvalue weighted by atomic mass is 9.80. The van der Waals surface area contributed by atoms with Crippen LogP contribution in [0, 0.1) is 0 Å². The van der Waals surface area contributed by atoms with Crippen molar-refractivity contribution >= 4 is 64.6 Å². The van der Waals surface area contributed by atoms with Crippen molar-refractivity contribution < 1.29 is 0 Å². The quantitative estimate of drug-likeness (QED) is 0.133. The van der Waals surface area contributed by atoms with E-state index in [1.54, 1.807) is 0 Å². The van der Waals surface area contributed by atoms with E-state index in [2.05, 4.69) is 366 Å². The summed E-state index contributed by atoms with van der Waals surface area (Å²) in [6, 6.07) is 129. The lowest BCUT2D eigenvalue weighted by Gasteiger charge is -2.22. The Morgan fingerprint density at radius 1 is 0.151 bits per heavy atom. The first-order valence-corrected chi connectivity index (χ1v) is 32.5. The van der Waals surface area contributed by atoms with E-state index in [0.717, 1.165) is 0 Å². The fraction of sp³-hybridized carbons (Fsp3) is 0.0323. The van der Waals surface area contributed by atoms with E-state index in [4.69, 9.17) is 0 Å². The molecule has 0 radical (unpaired) electrons. The molecule has 0 saturated heterocycles. The number of rotatable bonds is 8. The molecule has 0 heteroatoms. The first-order valence-electron chi connectivity index (χ1n) is 32.5. The largest absolute Gasteiger partial charge is 0.0622 e. The predicted octanol–water partition coefficient (Wildman–Crippen LogP) is 25.9. The van der Waals surface area contributed by atoms with Crippen LogP contribution in [0.15, 0.2) is 352 Å². The standard InChI is InChI=1S/C51H36.C42H28/c1-51(2)47-26-13-12-21-40(47)41-28-27-35(32-48(41)51)34-17-14-18-36(31-34)37-29-30-46(39-20-7-6-19-38(37)39)50-44-24-10-8-22-42(44)49(33-15-4-3-5-16-33)43-23-9-11-25-45(43)50;1-4-16-29(17-5-1)38-28-39(30-18-6-2-7-19-30)42(33-23-11-10-22-32(33)38)41-36-26-14-12-24-34(36)40(31-20-8-3-9-21-31)35-25-13-15-27-37(35)41/h3-32H,1-2H3;1-28H. The Morgan fingerprint density at radius 3 is 0.978 bits per heavy atom. The molecule has 0 aliphatic heterocycles. The third kappa shape index (κ3) is 9.36. The highest BCUT2D eigenvalue weighted by Gasteiger charge is 2.35. The smallest absolute Gasteiger partial charge is 0.0159 e. The maximum atomic E-state index is 2.42. The van der Waals surface area contributed by atoms with E-state index in [1.165, 1.54) is 176 Å². The van der Waals surface area contributed by atoms with Gasteiger partial charge in [0.2, 0.25) is 0 Å². The summed E-state index contributed by atoms with van der Waals surface area (Å²) < 4.78 is 0. The van der Waals surface area contributed by atoms with Crippen LogP contribution in [-0.2, 0) is 5.41 Å². The van der Waals surface area contributed by atoms with E-state index in [1.807, 2.05) is 0 Å². The number of fused-ring (bicyclic) bond motifs is 9. The number of hydrogen-bond acceptors (Lipinski definition) is 0. The van der Waals surface area contributed by atoms with Crippen LogP contribution in [0.3, 0.4) is 0 Å². The molecule has 0 unspecified atom stereocenters. The minimum absolute atomic E-state index is 0.0285. The zero-order valence-corrected chi connectivity index (χ0v) is 52.0. The van der Waals surface area contributed by atoms with Crippen molar-refractivity contribution in [1.29, 1.82) is 0 Å². The normalized spacial score (nSPS) is 12.3. The van der Waals surface area contributed by atoms with Crippen LogP contribution in [0.25, 0.3) is 165 Å². The van der Waals surface area contributed by atoms with Gasteiger partial charge in [-0.25, -0.2) is 0 Å². The van der Waals surface area contributed by atoms with Crippen LogP contribution in [0.5, 0.6) is 0 Å². The fourth-order valence-electron chi connectivity index (χ4n) is 15.5. The second-order valence-electron chi connectivity index (χ2n) is 25.3. The molecular formula is C93H64. The van der Waals surface area contributed by atoms with Gasteiger partial charge in [0.25, 0.3) is 0 Å². The molecule has 18 rings (SSSR count). The summed E-state index contributed by atoms with van der Waals surface area (Å²) in [6.45, 7) is 4.71. The van der Waals surface area contributed by atoms with E-state index in [-0.39, 0.29) is 5.41 Å². The van der Waals surface area contributed by atoms with E-state index < -0.39 is 0 Å². The van der Waals surface area contributed by atoms with Gasteiger partial charge in [-0.1, -0.05) is 347 Å². The van der Waals surface area contributed by atoms with E-state index >= 15 is 0 Å². The first kappa shape index (κ1) is 55.4. The molecule has 0 heterocycles. The van der Waals surface area contributed by atoms with Crippen molar-refractivity contribution in [3.8, 4) is 100 Å². The van der Waals surface area contributed by atoms with Crippen molar-refractivity contribution in [1.82, 2.24) is 0 Å². The Kier molecular flexibility index (Phi) is 13.7. The number of benzene rings is 17. The van der Waals surface area contributed by atoms with Gasteiger partial charge in [0.15, 0.2) is 0 Å². The third-order valence-corrected chi connectivity index (χ3v) is 19.7. The minimum Gasteiger partial charge on any atom is -0.0622 e. The van der Waals surface area contributed by atoms with Gasteiger partial charge >= 0.3 is 0 Å². The topological polar surface area (TPSA) is 0 Å². The maximum Gasteiger partial charge on any atom is 0.0159 e. The van der Waals surface area contributed by atoms with Gasteiger partial charge in [-0.3, -0.25) is 0 Å². The molecule has 0 N–H and O–H groups in total. The Balaban J connectivity index is 0.000000145. The number of hydrogen-bond donors (Lipinski definition) is 0. The second-order valence-corrected chi connectivity index (χ2v) is 25.3. The Bertz CT molecular complexity index is 5630. The third-order valence-electron chi connectivity index (χ3n) is 19.7. The first-order chi connectivity index (χ1) is 46.0. The van der Waals surface area contributed by atoms with Gasteiger partial charge in [0.05, 0.1) is 0 Å². The fourth-order valence-corrected chi connectivity index (χ4v) is 15.5. The average molecular weight is 1180 g/mol. The van der Waals surface area contributed by atoms with E-state index in [0.29, 0.717) is 0 Å². The molecule has 1 aliphatic carbocycles. The molecule has 93 heavy (non-hydrogen) atoms. The molecule has 0 bridgehead atoms. The van der Waals surface area contributed by atoms with Gasteiger partial charge in [-0.05, 0) is 194 Å². The van der Waals surface area contributed by atoms with Crippen molar-refractivity contribution in [2.45, 2.75) is 19.3 Å². The molecule has 0 atom stereocenters. The zero-order valence-electron chi connectivity index (χ0n) is 52.0. The van der Waals surface area contributed by atoms with Crippen LogP contribution in [-0.4, -0.2) is 0 Å². The van der Waals surface area contributed by atoms with Gasteiger partial charge in [0, 0.05) is 5.41 Å². The molecule has 0 nitrogen and oxygen atoms in total. The van der Waals surface area contributed by atoms with Gasteiger partial charge in [-0.2, -0.15) is 0 Å². The molecule has 0 spiro atoms. The summed E-state index contributed by atoms with van der Waals surface area (Å²) in [7, 11) is 0. The van der Waals surface area contributed by atoms with Crippen molar-refractivity contribution in [2.75, 3.05) is 0 Å². The van der Waals surface area contributed by atoms with Crippen LogP contribution >= 0.6 is 0 Å². The molecule has 17 aromatic carbocycles. The van der Waals surface area contributed by atoms with Gasteiger partial charge in [-0.15, -0.1) is 0 Å². The Labute approximate surface area is 543 Å². The molecule has 436 valence electrons. The van der Waals surface area contributed by atoms with Crippen LogP contribution in [0.1, 0.15) is 25.0 Å². The monoisotopic (exact) mass is 1180 g/mol. The lowest BCUT2D eigenvalue weighted by Crippen LogP contribution is -2.14. The predicted molar refractivity (Wildman–Crippen MR) is 399 cm³/mol. The summed E-state index contributed by atoms with van der Waals surface area (Å²) >= 11 is 0. The summed E-state index contributed by atoms with van der Waals surface area (Å²) in [6.07, 6.45) is 0. The molecule has 0 fully saturated rings. The lowest BCUT2D eigenvalue weighted by molar-refractivity contribution is 0.660. The highest BCUT2D eigenvalue weighted by molar-refractivity contribution is 6.27. The van der Waals surface area contributed by atoms with E-state index in [9.17, 15) is 0 Å². The highest BCUT2D eigenvalue weighted by Crippen LogP contribution is 2.53. The van der Waals surface area contributed by atoms with Gasteiger partial charge < -0.3 is 0 Å². The Morgan fingerprint density at radius 2 is 0.473 bits per heavy atom. The van der Waals surface area contributed by atoms with Crippen LogP contribution < -0.4 is 0 Å². The highest BCUT2D eigenvalue weighted by atomic mass is 14.4. The molecular weight excluding hydrogens is 1120 g/mol. The summed E-state index contributed by atoms with van der Waals surface area (Å²) in [5.41, 5.74) is 25.6. The molecule has 0 aromatic heterocycles. The summed E-state index contributed by atoms with van der Waals surface area (Å²) in [4.78, 5) is 0. The zero-order chi connectivity index (χ0) is 62.0. The molecule has 1 aliphatic rings. The minimum atomic E-state index is -0.0285. The summed E-state index contributed by atoms with van der Waals surface area (Å²) in [5, 5.41) is 15.2. The van der Waals surface area contributed by atoms with Crippen LogP contribution in [0.4, 0.5) is 0 Å². The maximum absolute atomic E-state index is 2.42. The summed E-state index contributed by atoms with van der Waals surface area (Å²) in [5.74, 6) is 0. The van der Waals surface area contributed by atoms with Gasteiger partial charge in [0.1, 0.15) is 0 Å². The second kappa shape index (κ2) is 23.0. The molecule has 0 amide bonds. The van der Waals surface area contributed by atoms with Crippen molar-refractivity contribution in [3.63, 3.8) is 0 Å².